The van der Waals surface area contributed by atoms with Crippen LogP contribution in [0.3, 0.4) is 0 Å². The summed E-state index contributed by atoms with van der Waals surface area (Å²) in [6.07, 6.45) is 3.04. The smallest absolute Gasteiger partial charge is 0.150 e. The van der Waals surface area contributed by atoms with Crippen molar-refractivity contribution in [3.63, 3.8) is 0 Å². The first kappa shape index (κ1) is 15.1. The van der Waals surface area contributed by atoms with Crippen LogP contribution in [0.2, 0.25) is 0 Å². The minimum absolute atomic E-state index is 0.297. The summed E-state index contributed by atoms with van der Waals surface area (Å²) in [5.74, 6) is 1.94. The summed E-state index contributed by atoms with van der Waals surface area (Å²) in [5.41, 5.74) is 4.77. The first-order chi connectivity index (χ1) is 10.7. The molecule has 1 N–H and O–H groups in total. The van der Waals surface area contributed by atoms with E-state index in [1.807, 2.05) is 6.07 Å². The Labute approximate surface area is 131 Å². The van der Waals surface area contributed by atoms with E-state index in [-0.39, 0.29) is 0 Å². The summed E-state index contributed by atoms with van der Waals surface area (Å²) in [7, 11) is 0. The number of benzene rings is 1. The van der Waals surface area contributed by atoms with Crippen molar-refractivity contribution in [2.24, 2.45) is 0 Å². The predicted octanol–water partition coefficient (Wildman–Crippen LogP) is 3.86. The molecule has 1 aliphatic rings. The predicted molar refractivity (Wildman–Crippen MR) is 86.1 cm³/mol. The molecule has 1 atom stereocenters. The van der Waals surface area contributed by atoms with Crippen molar-refractivity contribution in [3.8, 4) is 5.75 Å². The molecule has 0 fully saturated rings. The molecule has 4 heteroatoms. The summed E-state index contributed by atoms with van der Waals surface area (Å²) in [6, 6.07) is 6.75. The van der Waals surface area contributed by atoms with Gasteiger partial charge in [-0.1, -0.05) is 29.8 Å². The molecular weight excluding hydrogens is 276 g/mol. The molecule has 22 heavy (non-hydrogen) atoms. The van der Waals surface area contributed by atoms with Gasteiger partial charge in [-0.15, -0.1) is 0 Å². The Kier molecular flexibility index (Phi) is 4.48. The number of hydrogen-bond donors (Lipinski definition) is 1. The number of hydrogen-bond acceptors (Lipinski definition) is 4. The second-order valence-corrected chi connectivity index (χ2v) is 6.06. The van der Waals surface area contributed by atoms with Crippen molar-refractivity contribution in [3.05, 3.63) is 46.3 Å². The molecule has 0 spiro atoms. The maximum absolute atomic E-state index is 5.96. The largest absolute Gasteiger partial charge is 0.493 e. The summed E-state index contributed by atoms with van der Waals surface area (Å²) in [5, 5.41) is 7.66. The number of ether oxygens (including phenoxy) is 1. The first-order valence-electron chi connectivity index (χ1n) is 8.09. The Morgan fingerprint density at radius 1 is 1.27 bits per heavy atom. The van der Waals surface area contributed by atoms with Gasteiger partial charge in [-0.25, -0.2) is 0 Å². The molecule has 2 aromatic rings. The highest BCUT2D eigenvalue weighted by molar-refractivity contribution is 5.46. The Hall–Kier alpha value is -1.81. The second kappa shape index (κ2) is 6.53. The maximum atomic E-state index is 5.96. The third-order valence-electron chi connectivity index (χ3n) is 4.20. The van der Waals surface area contributed by atoms with E-state index in [0.29, 0.717) is 12.6 Å². The van der Waals surface area contributed by atoms with Crippen molar-refractivity contribution >= 4 is 0 Å². The van der Waals surface area contributed by atoms with Crippen LogP contribution in [0.25, 0.3) is 0 Å². The highest BCUT2D eigenvalue weighted by Gasteiger charge is 2.21. The summed E-state index contributed by atoms with van der Waals surface area (Å²) in [4.78, 5) is 0. The Bertz CT molecular complexity index is 649. The van der Waals surface area contributed by atoms with Gasteiger partial charge in [0.1, 0.15) is 5.75 Å². The molecule has 1 aromatic heterocycles. The lowest BCUT2D eigenvalue weighted by Gasteiger charge is -2.19. The standard InChI is InChI=1S/C18H24N2O2/c1-4-14-10-15(22-20-14)11-19-17-6-5-7-21-18-13(3)8-12(2)9-16(17)18/h8-10,17,19H,4-7,11H2,1-3H3. The van der Waals surface area contributed by atoms with E-state index >= 15 is 0 Å². The fraction of sp³-hybridized carbons (Fsp3) is 0.500. The molecule has 0 saturated heterocycles. The normalized spacial score (nSPS) is 17.7. The average molecular weight is 300 g/mol. The lowest BCUT2D eigenvalue weighted by Crippen LogP contribution is -2.20. The Morgan fingerprint density at radius 2 is 2.14 bits per heavy atom. The zero-order chi connectivity index (χ0) is 15.5. The van der Waals surface area contributed by atoms with Crippen LogP contribution < -0.4 is 10.1 Å². The Balaban J connectivity index is 1.79. The molecule has 1 unspecified atom stereocenters. The zero-order valence-electron chi connectivity index (χ0n) is 13.6. The molecule has 1 aromatic carbocycles. The molecule has 0 aliphatic carbocycles. The van der Waals surface area contributed by atoms with Crippen molar-refractivity contribution in [1.82, 2.24) is 10.5 Å². The van der Waals surface area contributed by atoms with Crippen LogP contribution in [0, 0.1) is 13.8 Å². The van der Waals surface area contributed by atoms with E-state index in [2.05, 4.69) is 43.4 Å². The summed E-state index contributed by atoms with van der Waals surface area (Å²) >= 11 is 0. The van der Waals surface area contributed by atoms with Gasteiger partial charge in [0, 0.05) is 17.7 Å². The van der Waals surface area contributed by atoms with Gasteiger partial charge in [0.05, 0.1) is 18.8 Å². The van der Waals surface area contributed by atoms with E-state index in [1.165, 1.54) is 16.7 Å². The van der Waals surface area contributed by atoms with Crippen LogP contribution in [-0.2, 0) is 13.0 Å². The van der Waals surface area contributed by atoms with Gasteiger partial charge in [0.25, 0.3) is 0 Å². The third kappa shape index (κ3) is 3.17. The fourth-order valence-electron chi connectivity index (χ4n) is 3.10. The first-order valence-corrected chi connectivity index (χ1v) is 8.09. The quantitative estimate of drug-likeness (QED) is 0.931. The number of aryl methyl sites for hydroxylation is 3. The monoisotopic (exact) mass is 300 g/mol. The number of aromatic nitrogens is 1. The van der Waals surface area contributed by atoms with E-state index in [1.54, 1.807) is 0 Å². The van der Waals surface area contributed by atoms with Crippen LogP contribution in [-0.4, -0.2) is 11.8 Å². The lowest BCUT2D eigenvalue weighted by atomic mass is 9.97. The van der Waals surface area contributed by atoms with Crippen LogP contribution in [0.4, 0.5) is 0 Å². The van der Waals surface area contributed by atoms with Crippen LogP contribution in [0.5, 0.6) is 5.75 Å². The SMILES string of the molecule is CCc1cc(CNC2CCCOc3c(C)cc(C)cc32)on1. The van der Waals surface area contributed by atoms with E-state index in [9.17, 15) is 0 Å². The minimum Gasteiger partial charge on any atom is -0.493 e. The highest BCUT2D eigenvalue weighted by atomic mass is 16.5. The van der Waals surface area contributed by atoms with Gasteiger partial charge in [0.2, 0.25) is 0 Å². The number of rotatable bonds is 4. The molecule has 118 valence electrons. The van der Waals surface area contributed by atoms with Gasteiger partial charge in [-0.2, -0.15) is 0 Å². The maximum Gasteiger partial charge on any atom is 0.150 e. The van der Waals surface area contributed by atoms with Gasteiger partial charge in [-0.05, 0) is 38.7 Å². The molecule has 2 heterocycles. The van der Waals surface area contributed by atoms with E-state index in [0.717, 1.165) is 43.1 Å². The van der Waals surface area contributed by atoms with Crippen molar-refractivity contribution in [2.45, 2.75) is 52.6 Å². The fourth-order valence-corrected chi connectivity index (χ4v) is 3.10. The van der Waals surface area contributed by atoms with E-state index < -0.39 is 0 Å². The molecule has 0 amide bonds. The minimum atomic E-state index is 0.297. The van der Waals surface area contributed by atoms with Gasteiger partial charge < -0.3 is 14.6 Å². The summed E-state index contributed by atoms with van der Waals surface area (Å²) < 4.78 is 11.3. The van der Waals surface area contributed by atoms with Crippen molar-refractivity contribution in [2.75, 3.05) is 6.61 Å². The van der Waals surface area contributed by atoms with Crippen LogP contribution in [0.15, 0.2) is 22.7 Å². The number of nitrogens with one attached hydrogen (secondary N) is 1. The van der Waals surface area contributed by atoms with Crippen molar-refractivity contribution < 1.29 is 9.26 Å². The zero-order valence-corrected chi connectivity index (χ0v) is 13.6. The molecule has 0 radical (unpaired) electrons. The second-order valence-electron chi connectivity index (χ2n) is 6.06. The topological polar surface area (TPSA) is 47.3 Å². The van der Waals surface area contributed by atoms with Gasteiger partial charge in [-0.3, -0.25) is 0 Å². The number of nitrogens with zero attached hydrogens (tertiary/aromatic N) is 1. The van der Waals surface area contributed by atoms with Crippen molar-refractivity contribution in [1.29, 1.82) is 0 Å². The molecule has 4 nitrogen and oxygen atoms in total. The molecular formula is C18H24N2O2. The summed E-state index contributed by atoms with van der Waals surface area (Å²) in [6.45, 7) is 7.83. The molecule has 1 aliphatic heterocycles. The highest BCUT2D eigenvalue weighted by Crippen LogP contribution is 2.35. The average Bonchev–Trinajstić information content (AvgIpc) is 2.86. The molecule has 0 bridgehead atoms. The number of fused-ring (bicyclic) bond motifs is 1. The van der Waals surface area contributed by atoms with E-state index in [4.69, 9.17) is 9.26 Å². The van der Waals surface area contributed by atoms with Gasteiger partial charge >= 0.3 is 0 Å². The molecule has 0 saturated carbocycles. The van der Waals surface area contributed by atoms with Crippen LogP contribution >= 0.6 is 0 Å². The lowest BCUT2D eigenvalue weighted by molar-refractivity contribution is 0.312. The third-order valence-corrected chi connectivity index (χ3v) is 4.20. The Morgan fingerprint density at radius 3 is 2.91 bits per heavy atom. The van der Waals surface area contributed by atoms with Gasteiger partial charge in [0.15, 0.2) is 5.76 Å². The molecule has 3 rings (SSSR count). The van der Waals surface area contributed by atoms with Crippen LogP contribution in [0.1, 0.15) is 54.0 Å².